The molecule has 2 aliphatic rings. The first-order valence-corrected chi connectivity index (χ1v) is 19.3. The molecule has 274 valence electrons. The molecule has 8 atom stereocenters. The van der Waals surface area contributed by atoms with Crippen LogP contribution in [0.15, 0.2) is 24.0 Å². The monoisotopic (exact) mass is 731 g/mol. The third-order valence-electron chi connectivity index (χ3n) is 7.95. The van der Waals surface area contributed by atoms with Gasteiger partial charge < -0.3 is 42.3 Å². The minimum absolute atomic E-state index is 0.154. The Hall–Kier alpha value is -3.42. The molecule has 3 rings (SSSR count). The second kappa shape index (κ2) is 16.5. The standard InChI is InChI=1S/C31H45NO15SSi/c1-11-39-24-14-20(47-49(9,10)31(6,7)8)25(27(45-24)22-12-13-23(48-22)32(37)38)46-30-29(43-19(5)36)28(42-18(4)35)26(41-17(3)34)21(44-30)15-40-16(2)33/h12-14,21,24-30H,11,15H2,1-10H3/t21-,24-,25-,26-,27-,28+,29-,30+/m1/s1. The largest absolute Gasteiger partial charge is 0.545 e. The fraction of sp³-hybridized carbons (Fsp3) is 0.677. The van der Waals surface area contributed by atoms with Crippen LogP contribution >= 0.6 is 11.3 Å². The molecular formula is C31H45NO15SSi. The van der Waals surface area contributed by atoms with E-state index in [0.717, 1.165) is 39.0 Å². The van der Waals surface area contributed by atoms with Crippen molar-refractivity contribution in [3.8, 4) is 0 Å². The van der Waals surface area contributed by atoms with E-state index in [1.807, 2.05) is 33.9 Å². The number of thiophene rings is 1. The van der Waals surface area contributed by atoms with Crippen molar-refractivity contribution >= 4 is 48.5 Å². The molecule has 0 amide bonds. The Bertz CT molecular complexity index is 1410. The Morgan fingerprint density at radius 1 is 0.918 bits per heavy atom. The third-order valence-corrected chi connectivity index (χ3v) is 13.4. The smallest absolute Gasteiger partial charge is 0.324 e. The Balaban J connectivity index is 2.22. The van der Waals surface area contributed by atoms with E-state index in [-0.39, 0.29) is 22.4 Å². The molecule has 0 N–H and O–H groups in total. The summed E-state index contributed by atoms with van der Waals surface area (Å²) >= 11 is 0.857. The van der Waals surface area contributed by atoms with Crippen LogP contribution in [0.25, 0.3) is 0 Å². The average Bonchev–Trinajstić information content (AvgIpc) is 3.45. The maximum Gasteiger partial charge on any atom is 0.324 e. The van der Waals surface area contributed by atoms with Gasteiger partial charge in [0, 0.05) is 51.3 Å². The van der Waals surface area contributed by atoms with Crippen LogP contribution in [0.3, 0.4) is 0 Å². The maximum absolute atomic E-state index is 12.5. The highest BCUT2D eigenvalue weighted by Crippen LogP contribution is 2.45. The van der Waals surface area contributed by atoms with Crippen LogP contribution < -0.4 is 0 Å². The summed E-state index contributed by atoms with van der Waals surface area (Å²) in [5, 5.41) is 11.2. The lowest BCUT2D eigenvalue weighted by atomic mass is 9.97. The van der Waals surface area contributed by atoms with Crippen molar-refractivity contribution in [3.05, 3.63) is 39.0 Å². The highest BCUT2D eigenvalue weighted by Gasteiger charge is 2.55. The average molecular weight is 732 g/mol. The fourth-order valence-corrected chi connectivity index (χ4v) is 6.78. The molecule has 0 unspecified atom stereocenters. The van der Waals surface area contributed by atoms with E-state index in [1.54, 1.807) is 13.0 Å². The zero-order valence-corrected chi connectivity index (χ0v) is 31.1. The summed E-state index contributed by atoms with van der Waals surface area (Å²) in [6.45, 7) is 16.2. The quantitative estimate of drug-likeness (QED) is 0.0906. The van der Waals surface area contributed by atoms with E-state index < -0.39 is 92.9 Å². The van der Waals surface area contributed by atoms with Crippen molar-refractivity contribution in [1.29, 1.82) is 0 Å². The first kappa shape index (κ1) is 40.0. The lowest BCUT2D eigenvalue weighted by Gasteiger charge is -2.47. The molecule has 1 fully saturated rings. The third kappa shape index (κ3) is 10.5. The van der Waals surface area contributed by atoms with Crippen LogP contribution in [0, 0.1) is 10.1 Å². The number of nitro groups is 1. The molecule has 0 aromatic carbocycles. The van der Waals surface area contributed by atoms with Crippen LogP contribution in [0.1, 0.15) is 66.4 Å². The molecule has 1 aromatic rings. The minimum Gasteiger partial charge on any atom is -0.545 e. The van der Waals surface area contributed by atoms with Crippen LogP contribution in [-0.4, -0.2) is 93.4 Å². The number of nitrogens with zero attached hydrogens (tertiary/aromatic N) is 1. The lowest BCUT2D eigenvalue weighted by Crippen LogP contribution is -2.63. The predicted molar refractivity (Wildman–Crippen MR) is 173 cm³/mol. The second-order valence-electron chi connectivity index (χ2n) is 12.9. The zero-order valence-electron chi connectivity index (χ0n) is 29.2. The highest BCUT2D eigenvalue weighted by molar-refractivity contribution is 7.15. The van der Waals surface area contributed by atoms with Crippen LogP contribution in [0.4, 0.5) is 5.00 Å². The number of hydrogen-bond acceptors (Lipinski definition) is 16. The van der Waals surface area contributed by atoms with Crippen molar-refractivity contribution in [2.75, 3.05) is 13.2 Å². The van der Waals surface area contributed by atoms with Gasteiger partial charge in [-0.3, -0.25) is 29.3 Å². The SMILES string of the molecule is CCO[C@H]1C=C(O[Si](C)(C)C(C)(C)C)[C@@H](O[C@@H]2O[C@H](COC(C)=O)[C@@H](OC(C)=O)[C@H](OC(C)=O)[C@H]2OC(C)=O)[C@@H](c2ccc([N+](=O)[O-])s2)O1. The normalized spacial score (nSPS) is 27.3. The fourth-order valence-electron chi connectivity index (χ4n) is 4.82. The van der Waals surface area contributed by atoms with E-state index in [1.165, 1.54) is 12.1 Å². The number of rotatable bonds is 13. The van der Waals surface area contributed by atoms with Crippen molar-refractivity contribution in [2.45, 2.75) is 123 Å². The summed E-state index contributed by atoms with van der Waals surface area (Å²) in [4.78, 5) is 60.3. The summed E-state index contributed by atoms with van der Waals surface area (Å²) in [5.74, 6) is -2.81. The predicted octanol–water partition coefficient (Wildman–Crippen LogP) is 4.46. The highest BCUT2D eigenvalue weighted by atomic mass is 32.1. The van der Waals surface area contributed by atoms with E-state index in [0.29, 0.717) is 4.88 Å². The summed E-state index contributed by atoms with van der Waals surface area (Å²) in [6, 6.07) is 2.85. The molecule has 49 heavy (non-hydrogen) atoms. The molecule has 0 bridgehead atoms. The van der Waals surface area contributed by atoms with Crippen molar-refractivity contribution in [2.24, 2.45) is 0 Å². The molecule has 18 heteroatoms. The summed E-state index contributed by atoms with van der Waals surface area (Å²) < 4.78 is 53.5. The van der Waals surface area contributed by atoms with Crippen molar-refractivity contribution in [1.82, 2.24) is 0 Å². The van der Waals surface area contributed by atoms with Gasteiger partial charge in [0.05, 0.1) is 4.92 Å². The first-order chi connectivity index (χ1) is 22.7. The van der Waals surface area contributed by atoms with Crippen LogP contribution in [-0.2, 0) is 61.5 Å². The van der Waals surface area contributed by atoms with Gasteiger partial charge in [0.15, 0.2) is 30.9 Å². The van der Waals surface area contributed by atoms with Crippen molar-refractivity contribution in [3.63, 3.8) is 0 Å². The van der Waals surface area contributed by atoms with Gasteiger partial charge in [-0.2, -0.15) is 0 Å². The number of esters is 4. The molecule has 16 nitrogen and oxygen atoms in total. The Morgan fingerprint density at radius 2 is 1.51 bits per heavy atom. The molecule has 1 aromatic heterocycles. The summed E-state index contributed by atoms with van der Waals surface area (Å²) in [7, 11) is -2.62. The Labute approximate surface area is 289 Å². The van der Waals surface area contributed by atoms with Crippen LogP contribution in [0.5, 0.6) is 0 Å². The Kier molecular flexibility index (Phi) is 13.5. The molecular weight excluding hydrogens is 686 g/mol. The van der Waals surface area contributed by atoms with Gasteiger partial charge in [0.2, 0.25) is 8.32 Å². The molecule has 3 heterocycles. The minimum atomic E-state index is -2.62. The van der Waals surface area contributed by atoms with E-state index in [9.17, 15) is 29.3 Å². The maximum atomic E-state index is 12.5. The Morgan fingerprint density at radius 3 is 2.02 bits per heavy atom. The molecule has 0 radical (unpaired) electrons. The first-order valence-electron chi connectivity index (χ1n) is 15.6. The van der Waals surface area contributed by atoms with Gasteiger partial charge in [-0.15, -0.1) is 0 Å². The van der Waals surface area contributed by atoms with Gasteiger partial charge in [-0.25, -0.2) is 0 Å². The van der Waals surface area contributed by atoms with Gasteiger partial charge in [0.25, 0.3) is 0 Å². The number of ether oxygens (including phenoxy) is 8. The molecule has 1 saturated heterocycles. The lowest BCUT2D eigenvalue weighted by molar-refractivity contribution is -0.380. The summed E-state index contributed by atoms with van der Waals surface area (Å²) in [5.41, 5.74) is 0. The number of carbonyl (C=O) groups excluding carboxylic acids is 4. The van der Waals surface area contributed by atoms with Gasteiger partial charge >= 0.3 is 28.9 Å². The van der Waals surface area contributed by atoms with E-state index in [2.05, 4.69) is 0 Å². The van der Waals surface area contributed by atoms with E-state index in [4.69, 9.17) is 42.3 Å². The zero-order chi connectivity index (χ0) is 36.8. The summed E-state index contributed by atoms with van der Waals surface area (Å²) in [6.07, 6.45) is -8.90. The molecule has 0 spiro atoms. The van der Waals surface area contributed by atoms with Crippen molar-refractivity contribution < 1.29 is 66.4 Å². The number of carbonyl (C=O) groups is 4. The van der Waals surface area contributed by atoms with Gasteiger partial charge in [-0.1, -0.05) is 32.1 Å². The topological polar surface area (TPSA) is 194 Å². The second-order valence-corrected chi connectivity index (χ2v) is 18.7. The van der Waals surface area contributed by atoms with E-state index >= 15 is 0 Å². The number of hydrogen-bond donors (Lipinski definition) is 0. The molecule has 0 saturated carbocycles. The molecule has 2 aliphatic heterocycles. The van der Waals surface area contributed by atoms with Crippen LogP contribution in [0.2, 0.25) is 18.1 Å². The van der Waals surface area contributed by atoms with Gasteiger partial charge in [0.1, 0.15) is 30.7 Å². The molecule has 0 aliphatic carbocycles. The van der Waals surface area contributed by atoms with Gasteiger partial charge in [-0.05, 0) is 31.1 Å².